The number of pyridine rings is 1. The molecule has 0 aliphatic heterocycles. The predicted octanol–water partition coefficient (Wildman–Crippen LogP) is 14.6. The number of hydrogen-bond donors (Lipinski definition) is 0. The van der Waals surface area contributed by atoms with Crippen molar-refractivity contribution in [1.29, 1.82) is 0 Å². The standard InChI is InChI=1S/C54H57N4.Ir/c1-9-53(10-2,11-3)45-28-23-41(24-29-45)50-56-51(42-25-30-46(31-26-42)54(12-4,13-5)14-6)58-52(57-50)43-27-32-49(55-36-43)40-21-19-39(20-22-40)47-17-15-16-18-48(47)44-34-37(7)33-38(8)35-44;/h15-21,23-36H,9-14H2,1-8H3;/q-1;. The van der Waals surface area contributed by atoms with Gasteiger partial charge in [-0.2, -0.15) is 0 Å². The number of hydrogen-bond acceptors (Lipinski definition) is 4. The summed E-state index contributed by atoms with van der Waals surface area (Å²) in [7, 11) is 0. The smallest absolute Gasteiger partial charge is 0.165 e. The van der Waals surface area contributed by atoms with E-state index in [1.165, 1.54) is 38.9 Å². The van der Waals surface area contributed by atoms with Crippen LogP contribution in [0.1, 0.15) is 102 Å². The number of benzene rings is 5. The van der Waals surface area contributed by atoms with Gasteiger partial charge in [0.25, 0.3) is 0 Å². The third-order valence-corrected chi connectivity index (χ3v) is 13.1. The van der Waals surface area contributed by atoms with Crippen molar-refractivity contribution in [2.24, 2.45) is 0 Å². The van der Waals surface area contributed by atoms with Crippen LogP contribution >= 0.6 is 0 Å². The van der Waals surface area contributed by atoms with Gasteiger partial charge < -0.3 is 4.98 Å². The van der Waals surface area contributed by atoms with Crippen molar-refractivity contribution in [1.82, 2.24) is 19.9 Å². The quantitative estimate of drug-likeness (QED) is 0.102. The summed E-state index contributed by atoms with van der Waals surface area (Å²) in [5.41, 5.74) is 14.9. The molecule has 0 aliphatic carbocycles. The Balaban J connectivity index is 0.00000585. The maximum Gasteiger partial charge on any atom is 0.165 e. The number of aryl methyl sites for hydroxylation is 2. The average Bonchev–Trinajstić information content (AvgIpc) is 3.28. The van der Waals surface area contributed by atoms with E-state index in [9.17, 15) is 0 Å². The first-order valence-electron chi connectivity index (χ1n) is 21.3. The molecule has 0 fully saturated rings. The summed E-state index contributed by atoms with van der Waals surface area (Å²) in [6.07, 6.45) is 8.52. The molecule has 59 heavy (non-hydrogen) atoms. The van der Waals surface area contributed by atoms with Crippen molar-refractivity contribution in [2.45, 2.75) is 105 Å². The van der Waals surface area contributed by atoms with Crippen LogP contribution < -0.4 is 0 Å². The average molecular weight is 954 g/mol. The van der Waals surface area contributed by atoms with E-state index in [1.54, 1.807) is 0 Å². The van der Waals surface area contributed by atoms with Crippen LogP contribution in [0.4, 0.5) is 0 Å². The fourth-order valence-electron chi connectivity index (χ4n) is 8.99. The Kier molecular flexibility index (Phi) is 13.9. The van der Waals surface area contributed by atoms with Gasteiger partial charge in [0, 0.05) is 43.0 Å². The molecule has 2 aromatic heterocycles. The first kappa shape index (κ1) is 43.5. The van der Waals surface area contributed by atoms with Gasteiger partial charge in [0.1, 0.15) is 0 Å². The predicted molar refractivity (Wildman–Crippen MR) is 244 cm³/mol. The van der Waals surface area contributed by atoms with Gasteiger partial charge in [0.05, 0.1) is 0 Å². The first-order chi connectivity index (χ1) is 28.2. The Morgan fingerprint density at radius 1 is 0.458 bits per heavy atom. The summed E-state index contributed by atoms with van der Waals surface area (Å²) >= 11 is 0. The third-order valence-electron chi connectivity index (χ3n) is 13.1. The molecule has 0 unspecified atom stereocenters. The van der Waals surface area contributed by atoms with E-state index in [4.69, 9.17) is 19.9 Å². The SMILES string of the molecule is CCC(CC)(CC)c1ccc(-c2nc(-c3ccc(C(CC)(CC)CC)cc3)nc(-c3ccc(-c4[c-]cc(-c5ccccc5-c5cc(C)cc(C)c5)cc4)nc3)n2)cc1.[Ir]. The maximum atomic E-state index is 5.09. The minimum Gasteiger partial charge on any atom is -0.304 e. The summed E-state index contributed by atoms with van der Waals surface area (Å²) in [4.78, 5) is 20.1. The largest absolute Gasteiger partial charge is 0.304 e. The summed E-state index contributed by atoms with van der Waals surface area (Å²) in [6, 6.07) is 47.1. The Morgan fingerprint density at radius 3 is 1.29 bits per heavy atom. The van der Waals surface area contributed by atoms with Crippen LogP contribution in [0.15, 0.2) is 128 Å². The van der Waals surface area contributed by atoms with E-state index in [2.05, 4.69) is 177 Å². The Bertz CT molecular complexity index is 2340. The monoisotopic (exact) mass is 954 g/mol. The second-order valence-electron chi connectivity index (χ2n) is 16.0. The summed E-state index contributed by atoms with van der Waals surface area (Å²) in [5.74, 6) is 1.92. The van der Waals surface area contributed by atoms with Crippen LogP contribution in [0.2, 0.25) is 0 Å². The topological polar surface area (TPSA) is 51.6 Å². The third kappa shape index (κ3) is 8.93. The van der Waals surface area contributed by atoms with Crippen molar-refractivity contribution < 1.29 is 20.1 Å². The molecule has 0 atom stereocenters. The molecule has 1 radical (unpaired) electrons. The van der Waals surface area contributed by atoms with Crippen LogP contribution in [0.3, 0.4) is 0 Å². The van der Waals surface area contributed by atoms with E-state index < -0.39 is 0 Å². The Morgan fingerprint density at radius 2 is 0.881 bits per heavy atom. The molecule has 0 saturated heterocycles. The van der Waals surface area contributed by atoms with E-state index in [0.717, 1.165) is 72.0 Å². The zero-order chi connectivity index (χ0) is 40.9. The van der Waals surface area contributed by atoms with Crippen molar-refractivity contribution >= 4 is 0 Å². The normalized spacial score (nSPS) is 11.7. The van der Waals surface area contributed by atoms with E-state index in [0.29, 0.717) is 17.5 Å². The molecule has 5 heteroatoms. The zero-order valence-corrected chi connectivity index (χ0v) is 38.4. The molecule has 5 aromatic carbocycles. The van der Waals surface area contributed by atoms with Gasteiger partial charge in [-0.25, -0.2) is 15.0 Å². The molecular weight excluding hydrogens is 897 g/mol. The minimum absolute atomic E-state index is 0. The van der Waals surface area contributed by atoms with Gasteiger partial charge in [-0.15, -0.1) is 29.8 Å². The van der Waals surface area contributed by atoms with E-state index >= 15 is 0 Å². The van der Waals surface area contributed by atoms with Crippen LogP contribution in [-0.2, 0) is 30.9 Å². The molecule has 0 spiro atoms. The molecule has 0 aliphatic rings. The second-order valence-corrected chi connectivity index (χ2v) is 16.0. The Labute approximate surface area is 366 Å². The second kappa shape index (κ2) is 18.9. The van der Waals surface area contributed by atoms with Crippen LogP contribution in [0.5, 0.6) is 0 Å². The van der Waals surface area contributed by atoms with Crippen molar-refractivity contribution in [3.63, 3.8) is 0 Å². The summed E-state index contributed by atoms with van der Waals surface area (Å²) in [6.45, 7) is 18.1. The van der Waals surface area contributed by atoms with Crippen LogP contribution in [-0.4, -0.2) is 19.9 Å². The van der Waals surface area contributed by atoms with Gasteiger partial charge >= 0.3 is 0 Å². The minimum atomic E-state index is 0. The summed E-state index contributed by atoms with van der Waals surface area (Å²) in [5, 5.41) is 0. The van der Waals surface area contributed by atoms with E-state index in [-0.39, 0.29) is 30.9 Å². The van der Waals surface area contributed by atoms with Gasteiger partial charge in [-0.3, -0.25) is 0 Å². The molecule has 2 heterocycles. The molecule has 0 N–H and O–H groups in total. The maximum absolute atomic E-state index is 5.09. The van der Waals surface area contributed by atoms with E-state index in [1.807, 2.05) is 12.3 Å². The molecule has 7 aromatic rings. The molecular formula is C54H57IrN4-. The van der Waals surface area contributed by atoms with Crippen LogP contribution in [0, 0.1) is 19.9 Å². The molecule has 4 nitrogen and oxygen atoms in total. The van der Waals surface area contributed by atoms with Gasteiger partial charge in [0.15, 0.2) is 17.5 Å². The summed E-state index contributed by atoms with van der Waals surface area (Å²) < 4.78 is 0. The molecule has 303 valence electrons. The zero-order valence-electron chi connectivity index (χ0n) is 36.0. The van der Waals surface area contributed by atoms with Crippen molar-refractivity contribution in [2.75, 3.05) is 0 Å². The van der Waals surface area contributed by atoms with Gasteiger partial charge in [-0.1, -0.05) is 167 Å². The van der Waals surface area contributed by atoms with Gasteiger partial charge in [-0.05, 0) is 91.2 Å². The first-order valence-corrected chi connectivity index (χ1v) is 21.3. The number of nitrogens with zero attached hydrogens (tertiary/aromatic N) is 4. The molecule has 0 amide bonds. The van der Waals surface area contributed by atoms with Gasteiger partial charge in [0.2, 0.25) is 0 Å². The fourth-order valence-corrected chi connectivity index (χ4v) is 8.99. The number of aromatic nitrogens is 4. The molecule has 0 bridgehead atoms. The van der Waals surface area contributed by atoms with Crippen LogP contribution in [0.25, 0.3) is 67.7 Å². The number of rotatable bonds is 14. The fraction of sp³-hybridized carbons (Fsp3) is 0.296. The molecule has 0 saturated carbocycles. The van der Waals surface area contributed by atoms with Crippen molar-refractivity contribution in [3.05, 3.63) is 156 Å². The molecule has 7 rings (SSSR count). The van der Waals surface area contributed by atoms with Crippen molar-refractivity contribution in [3.8, 4) is 67.7 Å². The Hall–Kier alpha value is -5.09.